The summed E-state index contributed by atoms with van der Waals surface area (Å²) in [5.74, 6) is 3.10. The van der Waals surface area contributed by atoms with Crippen molar-refractivity contribution in [2.45, 2.75) is 44.1 Å². The van der Waals surface area contributed by atoms with E-state index in [0.29, 0.717) is 5.69 Å². The molecule has 1 amide bonds. The Morgan fingerprint density at radius 3 is 2.44 bits per heavy atom. The van der Waals surface area contributed by atoms with Gasteiger partial charge in [-0.2, -0.15) is 0 Å². The Bertz CT molecular complexity index is 1330. The molecule has 5 heteroatoms. The first-order chi connectivity index (χ1) is 15.7. The SMILES string of the molecule is O=C(NC12CC3CC(CC(C3)C1)C2)c1nc(-c2cncc3ccccc23)n2ccccc12. The van der Waals surface area contributed by atoms with Crippen molar-refractivity contribution in [2.75, 3.05) is 0 Å². The molecule has 0 spiro atoms. The molecule has 4 aliphatic carbocycles. The lowest BCUT2D eigenvalue weighted by molar-refractivity contribution is -0.0167. The van der Waals surface area contributed by atoms with Crippen LogP contribution in [-0.2, 0) is 0 Å². The van der Waals surface area contributed by atoms with Crippen molar-refractivity contribution in [1.82, 2.24) is 19.7 Å². The van der Waals surface area contributed by atoms with Crippen LogP contribution >= 0.6 is 0 Å². The van der Waals surface area contributed by atoms with Crippen molar-refractivity contribution < 1.29 is 4.79 Å². The number of amides is 1. The van der Waals surface area contributed by atoms with Gasteiger partial charge in [-0.3, -0.25) is 14.2 Å². The Labute approximate surface area is 186 Å². The van der Waals surface area contributed by atoms with Gasteiger partial charge in [0.25, 0.3) is 5.91 Å². The summed E-state index contributed by atoms with van der Waals surface area (Å²) in [4.78, 5) is 23.0. The number of imidazole rings is 1. The smallest absolute Gasteiger partial charge is 0.272 e. The fourth-order valence-corrected chi connectivity index (χ4v) is 7.25. The fraction of sp³-hybridized carbons (Fsp3) is 0.370. The van der Waals surface area contributed by atoms with Gasteiger partial charge in [0, 0.05) is 35.1 Å². The Kier molecular flexibility index (Phi) is 3.81. The lowest BCUT2D eigenvalue weighted by Crippen LogP contribution is -2.59. The second-order valence-corrected chi connectivity index (χ2v) is 10.3. The van der Waals surface area contributed by atoms with E-state index in [9.17, 15) is 4.79 Å². The third kappa shape index (κ3) is 2.73. The Morgan fingerprint density at radius 1 is 0.938 bits per heavy atom. The Hall–Kier alpha value is -3.21. The third-order valence-electron chi connectivity index (χ3n) is 8.09. The van der Waals surface area contributed by atoms with Crippen molar-refractivity contribution in [3.8, 4) is 11.4 Å². The minimum atomic E-state index is -0.0323. The Balaban J connectivity index is 1.32. The van der Waals surface area contributed by atoms with Gasteiger partial charge in [0.15, 0.2) is 5.69 Å². The molecule has 3 heterocycles. The second-order valence-electron chi connectivity index (χ2n) is 10.3. The number of hydrogen-bond acceptors (Lipinski definition) is 3. The van der Waals surface area contributed by atoms with E-state index in [1.807, 2.05) is 53.3 Å². The average molecular weight is 423 g/mol. The van der Waals surface area contributed by atoms with E-state index in [1.165, 1.54) is 19.3 Å². The van der Waals surface area contributed by atoms with Gasteiger partial charge in [-0.05, 0) is 73.8 Å². The van der Waals surface area contributed by atoms with E-state index >= 15 is 0 Å². The van der Waals surface area contributed by atoms with E-state index in [-0.39, 0.29) is 11.4 Å². The maximum absolute atomic E-state index is 13.6. The molecule has 4 aromatic rings. The molecule has 0 saturated heterocycles. The molecule has 4 fully saturated rings. The molecule has 1 aromatic carbocycles. The summed E-state index contributed by atoms with van der Waals surface area (Å²) in [5.41, 5.74) is 2.28. The number of hydrogen-bond donors (Lipinski definition) is 1. The number of aromatic nitrogens is 3. The Morgan fingerprint density at radius 2 is 1.66 bits per heavy atom. The number of rotatable bonds is 3. The molecule has 0 atom stereocenters. The van der Waals surface area contributed by atoms with Gasteiger partial charge < -0.3 is 5.32 Å². The first-order valence-electron chi connectivity index (χ1n) is 11.8. The van der Waals surface area contributed by atoms with Crippen LogP contribution in [0.3, 0.4) is 0 Å². The highest BCUT2D eigenvalue weighted by atomic mass is 16.2. The van der Waals surface area contributed by atoms with E-state index in [4.69, 9.17) is 4.98 Å². The van der Waals surface area contributed by atoms with Crippen molar-refractivity contribution in [1.29, 1.82) is 0 Å². The first kappa shape index (κ1) is 18.4. The summed E-state index contributed by atoms with van der Waals surface area (Å²) in [6.07, 6.45) is 13.2. The molecule has 3 aromatic heterocycles. The van der Waals surface area contributed by atoms with Crippen LogP contribution in [-0.4, -0.2) is 25.8 Å². The molecule has 0 radical (unpaired) electrons. The minimum Gasteiger partial charge on any atom is -0.345 e. The highest BCUT2D eigenvalue weighted by molar-refractivity contribution is 6.02. The van der Waals surface area contributed by atoms with E-state index < -0.39 is 0 Å². The van der Waals surface area contributed by atoms with Crippen molar-refractivity contribution in [3.63, 3.8) is 0 Å². The molecular formula is C27H26N4O. The van der Waals surface area contributed by atoms with Crippen molar-refractivity contribution >= 4 is 22.2 Å². The minimum absolute atomic E-state index is 0.0300. The van der Waals surface area contributed by atoms with Gasteiger partial charge in [0.05, 0.1) is 5.52 Å². The summed E-state index contributed by atoms with van der Waals surface area (Å²) < 4.78 is 2.03. The van der Waals surface area contributed by atoms with Gasteiger partial charge in [-0.1, -0.05) is 30.3 Å². The van der Waals surface area contributed by atoms with Crippen molar-refractivity contribution in [2.24, 2.45) is 17.8 Å². The van der Waals surface area contributed by atoms with Crippen LogP contribution in [0, 0.1) is 17.8 Å². The zero-order valence-electron chi connectivity index (χ0n) is 18.0. The molecule has 0 unspecified atom stereocenters. The van der Waals surface area contributed by atoms with Crippen LogP contribution in [0.25, 0.3) is 27.7 Å². The number of fused-ring (bicyclic) bond motifs is 2. The summed E-state index contributed by atoms with van der Waals surface area (Å²) >= 11 is 0. The van der Waals surface area contributed by atoms with Crippen molar-refractivity contribution in [3.05, 3.63) is 66.7 Å². The molecule has 160 valence electrons. The van der Waals surface area contributed by atoms with E-state index in [2.05, 4.69) is 22.4 Å². The summed E-state index contributed by atoms with van der Waals surface area (Å²) in [6, 6.07) is 14.1. The zero-order chi connectivity index (χ0) is 21.3. The number of benzene rings is 1. The summed E-state index contributed by atoms with van der Waals surface area (Å²) in [7, 11) is 0. The topological polar surface area (TPSA) is 59.3 Å². The predicted octanol–water partition coefficient (Wildman–Crippen LogP) is 5.25. The normalized spacial score (nSPS) is 28.4. The standard InChI is InChI=1S/C27H26N4O/c32-26(30-27-12-17-9-18(13-27)11-19(10-17)14-27)24-23-7-3-4-8-31(23)25(29-24)22-16-28-15-20-5-1-2-6-21(20)22/h1-8,15-19H,9-14H2,(H,30,32). The second kappa shape index (κ2) is 6.64. The average Bonchev–Trinajstić information content (AvgIpc) is 3.17. The molecule has 8 rings (SSSR count). The van der Waals surface area contributed by atoms with Gasteiger partial charge >= 0.3 is 0 Å². The molecular weight excluding hydrogens is 396 g/mol. The highest BCUT2D eigenvalue weighted by Gasteiger charge is 2.51. The molecule has 4 aliphatic rings. The van der Waals surface area contributed by atoms with E-state index in [0.717, 1.165) is 64.7 Å². The number of carbonyl (C=O) groups excluding carboxylic acids is 1. The first-order valence-corrected chi connectivity index (χ1v) is 11.8. The van der Waals surface area contributed by atoms with Gasteiger partial charge in [-0.25, -0.2) is 4.98 Å². The molecule has 4 saturated carbocycles. The van der Waals surface area contributed by atoms with Crippen LogP contribution in [0.1, 0.15) is 49.0 Å². The van der Waals surface area contributed by atoms with E-state index in [1.54, 1.807) is 0 Å². The molecule has 4 bridgehead atoms. The largest absolute Gasteiger partial charge is 0.345 e. The van der Waals surface area contributed by atoms with Crippen LogP contribution in [0.5, 0.6) is 0 Å². The summed E-state index contributed by atoms with van der Waals surface area (Å²) in [6.45, 7) is 0. The third-order valence-corrected chi connectivity index (χ3v) is 8.09. The van der Waals surface area contributed by atoms with Gasteiger partial charge in [0.1, 0.15) is 5.82 Å². The van der Waals surface area contributed by atoms with Crippen LogP contribution in [0.4, 0.5) is 0 Å². The summed E-state index contributed by atoms with van der Waals surface area (Å²) in [5, 5.41) is 5.66. The van der Waals surface area contributed by atoms with Crippen LogP contribution < -0.4 is 5.32 Å². The maximum Gasteiger partial charge on any atom is 0.272 e. The lowest BCUT2D eigenvalue weighted by Gasteiger charge is -2.56. The van der Waals surface area contributed by atoms with Gasteiger partial charge in [0.2, 0.25) is 0 Å². The lowest BCUT2D eigenvalue weighted by atomic mass is 9.53. The van der Waals surface area contributed by atoms with Crippen LogP contribution in [0.2, 0.25) is 0 Å². The molecule has 1 N–H and O–H groups in total. The quantitative estimate of drug-likeness (QED) is 0.491. The number of nitrogens with zero attached hydrogens (tertiary/aromatic N) is 3. The fourth-order valence-electron chi connectivity index (χ4n) is 7.25. The molecule has 32 heavy (non-hydrogen) atoms. The maximum atomic E-state index is 13.6. The van der Waals surface area contributed by atoms with Crippen LogP contribution in [0.15, 0.2) is 61.1 Å². The predicted molar refractivity (Wildman–Crippen MR) is 124 cm³/mol. The molecule has 5 nitrogen and oxygen atoms in total. The van der Waals surface area contributed by atoms with Gasteiger partial charge in [-0.15, -0.1) is 0 Å². The number of carbonyl (C=O) groups is 1. The monoisotopic (exact) mass is 422 g/mol. The zero-order valence-corrected chi connectivity index (χ0v) is 18.0. The highest BCUT2D eigenvalue weighted by Crippen LogP contribution is 2.55. The number of nitrogens with one attached hydrogen (secondary N) is 1. The number of pyridine rings is 2. The molecule has 0 aliphatic heterocycles.